The van der Waals surface area contributed by atoms with Gasteiger partial charge in [0.05, 0.1) is 0 Å². The Balaban J connectivity index is 1.20. The smallest absolute Gasteiger partial charge is 0.253 e. The van der Waals surface area contributed by atoms with Crippen LogP contribution in [0.3, 0.4) is 0 Å². The molecule has 2 fully saturated rings. The van der Waals surface area contributed by atoms with Gasteiger partial charge in [-0.05, 0) is 48.2 Å². The van der Waals surface area contributed by atoms with Crippen molar-refractivity contribution in [2.45, 2.75) is 25.4 Å². The zero-order valence-corrected chi connectivity index (χ0v) is 19.6. The number of hydrogen-bond acceptors (Lipinski definition) is 4. The van der Waals surface area contributed by atoms with Gasteiger partial charge in [0.15, 0.2) is 0 Å². The molecule has 3 aromatic carbocycles. The van der Waals surface area contributed by atoms with E-state index in [4.69, 9.17) is 11.6 Å². The highest BCUT2D eigenvalue weighted by molar-refractivity contribution is 6.31. The number of likely N-dealkylation sites (tertiary alicyclic amines) is 2. The molecule has 172 valence electrons. The lowest BCUT2D eigenvalue weighted by Gasteiger charge is -2.61. The number of fused-ring (bicyclic) bond motifs is 1. The summed E-state index contributed by atoms with van der Waals surface area (Å²) in [4.78, 5) is 17.7. The van der Waals surface area contributed by atoms with Gasteiger partial charge in [0.25, 0.3) is 5.91 Å². The number of H-pyrrole nitrogens is 1. The Bertz CT molecular complexity index is 1330. The summed E-state index contributed by atoms with van der Waals surface area (Å²) in [5.41, 5.74) is 4.85. The van der Waals surface area contributed by atoms with Crippen LogP contribution in [0.2, 0.25) is 5.02 Å². The first-order valence-corrected chi connectivity index (χ1v) is 12.1. The standard InChI is InChI=1S/C27H26ClN5O/c28-22-9-5-4-8-21(22)17-33-18-27(25(33)19-6-2-1-3-7-19)12-14-32(15-13-27)26(34)20-10-11-23-24(16-20)30-31-29-23/h1-11,16,25H,12-15,17-18H2,(H,29,30,31). The van der Waals surface area contributed by atoms with Crippen LogP contribution >= 0.6 is 11.6 Å². The molecular weight excluding hydrogens is 446 g/mol. The number of amides is 1. The molecule has 1 aromatic heterocycles. The Morgan fingerprint density at radius 1 is 0.971 bits per heavy atom. The fourth-order valence-corrected chi connectivity index (χ4v) is 5.99. The van der Waals surface area contributed by atoms with Crippen LogP contribution in [0.1, 0.15) is 40.4 Å². The maximum atomic E-state index is 13.2. The molecule has 0 saturated carbocycles. The number of piperidine rings is 1. The Kier molecular flexibility index (Phi) is 5.35. The average Bonchev–Trinajstić information content (AvgIpc) is 3.33. The van der Waals surface area contributed by atoms with E-state index in [0.717, 1.165) is 60.6 Å². The van der Waals surface area contributed by atoms with Gasteiger partial charge >= 0.3 is 0 Å². The molecule has 2 aliphatic heterocycles. The van der Waals surface area contributed by atoms with E-state index in [1.54, 1.807) is 0 Å². The molecular formula is C27H26ClN5O. The molecule has 4 aromatic rings. The number of carbonyl (C=O) groups excluding carboxylic acids is 1. The molecule has 2 saturated heterocycles. The summed E-state index contributed by atoms with van der Waals surface area (Å²) in [6.45, 7) is 3.38. The predicted molar refractivity (Wildman–Crippen MR) is 133 cm³/mol. The zero-order chi connectivity index (χ0) is 23.1. The molecule has 1 unspecified atom stereocenters. The summed E-state index contributed by atoms with van der Waals surface area (Å²) < 4.78 is 0. The quantitative estimate of drug-likeness (QED) is 0.450. The molecule has 1 N–H and O–H groups in total. The lowest BCUT2D eigenvalue weighted by molar-refractivity contribution is -0.113. The molecule has 1 atom stereocenters. The van der Waals surface area contributed by atoms with Crippen LogP contribution in [-0.2, 0) is 6.54 Å². The highest BCUT2D eigenvalue weighted by Crippen LogP contribution is 2.55. The Morgan fingerprint density at radius 3 is 2.50 bits per heavy atom. The van der Waals surface area contributed by atoms with Crippen LogP contribution in [0.15, 0.2) is 72.8 Å². The van der Waals surface area contributed by atoms with Crippen molar-refractivity contribution in [2.24, 2.45) is 5.41 Å². The number of benzene rings is 3. The molecule has 1 spiro atoms. The third kappa shape index (κ3) is 3.67. The van der Waals surface area contributed by atoms with Gasteiger partial charge in [-0.15, -0.1) is 0 Å². The molecule has 0 bridgehead atoms. The normalized spacial score (nSPS) is 19.9. The van der Waals surface area contributed by atoms with Crippen molar-refractivity contribution in [3.05, 3.63) is 94.5 Å². The number of hydrogen-bond donors (Lipinski definition) is 1. The second kappa shape index (κ2) is 8.53. The topological polar surface area (TPSA) is 65.1 Å². The van der Waals surface area contributed by atoms with Gasteiger partial charge in [0.1, 0.15) is 11.0 Å². The van der Waals surface area contributed by atoms with Gasteiger partial charge in [0.2, 0.25) is 0 Å². The lowest BCUT2D eigenvalue weighted by Crippen LogP contribution is -2.62. The van der Waals surface area contributed by atoms with Crippen LogP contribution < -0.4 is 0 Å². The van der Waals surface area contributed by atoms with Gasteiger partial charge in [-0.2, -0.15) is 15.4 Å². The van der Waals surface area contributed by atoms with Gasteiger partial charge in [0, 0.05) is 48.2 Å². The van der Waals surface area contributed by atoms with Crippen molar-refractivity contribution >= 4 is 28.5 Å². The first kappa shape index (κ1) is 21.3. The number of aromatic amines is 1. The minimum absolute atomic E-state index is 0.0725. The highest BCUT2D eigenvalue weighted by atomic mass is 35.5. The lowest BCUT2D eigenvalue weighted by atomic mass is 9.63. The SMILES string of the molecule is O=C(c1ccc2n[nH]nc2c1)N1CCC2(CC1)CN(Cc1ccccc1Cl)C2c1ccccc1. The summed E-state index contributed by atoms with van der Waals surface area (Å²) in [7, 11) is 0. The highest BCUT2D eigenvalue weighted by Gasteiger charge is 2.54. The molecule has 6 rings (SSSR count). The number of nitrogens with one attached hydrogen (secondary N) is 1. The number of aromatic nitrogens is 3. The summed E-state index contributed by atoms with van der Waals surface area (Å²) in [6.07, 6.45) is 1.98. The number of rotatable bonds is 4. The minimum atomic E-state index is 0.0725. The number of nitrogens with zero attached hydrogens (tertiary/aromatic N) is 4. The second-order valence-corrected chi connectivity index (χ2v) is 9.90. The largest absolute Gasteiger partial charge is 0.339 e. The van der Waals surface area contributed by atoms with E-state index >= 15 is 0 Å². The molecule has 7 heteroatoms. The molecule has 34 heavy (non-hydrogen) atoms. The predicted octanol–water partition coefficient (Wildman–Crippen LogP) is 5.09. The molecule has 0 aliphatic carbocycles. The van der Waals surface area contributed by atoms with Crippen LogP contribution in [-0.4, -0.2) is 50.8 Å². The van der Waals surface area contributed by atoms with Gasteiger partial charge in [-0.25, -0.2) is 0 Å². The van der Waals surface area contributed by atoms with Crippen LogP contribution in [0, 0.1) is 5.41 Å². The van der Waals surface area contributed by atoms with Crippen molar-refractivity contribution in [3.63, 3.8) is 0 Å². The van der Waals surface area contributed by atoms with Gasteiger partial charge in [-0.1, -0.05) is 60.1 Å². The van der Waals surface area contributed by atoms with Crippen molar-refractivity contribution in [2.75, 3.05) is 19.6 Å². The maximum Gasteiger partial charge on any atom is 0.253 e. The number of carbonyl (C=O) groups is 1. The zero-order valence-electron chi connectivity index (χ0n) is 18.8. The first-order valence-electron chi connectivity index (χ1n) is 11.8. The molecule has 3 heterocycles. The molecule has 0 radical (unpaired) electrons. The van der Waals surface area contributed by atoms with E-state index in [0.29, 0.717) is 11.6 Å². The van der Waals surface area contributed by atoms with Crippen LogP contribution in [0.5, 0.6) is 0 Å². The Morgan fingerprint density at radius 2 is 1.71 bits per heavy atom. The monoisotopic (exact) mass is 471 g/mol. The van der Waals surface area contributed by atoms with Crippen LogP contribution in [0.4, 0.5) is 0 Å². The van der Waals surface area contributed by atoms with Crippen molar-refractivity contribution in [1.82, 2.24) is 25.2 Å². The first-order chi connectivity index (χ1) is 16.6. The fraction of sp³-hybridized carbons (Fsp3) is 0.296. The van der Waals surface area contributed by atoms with E-state index in [2.05, 4.69) is 62.8 Å². The summed E-state index contributed by atoms with van der Waals surface area (Å²) in [6, 6.07) is 24.7. The van der Waals surface area contributed by atoms with Crippen molar-refractivity contribution in [3.8, 4) is 0 Å². The van der Waals surface area contributed by atoms with E-state index in [9.17, 15) is 4.79 Å². The third-order valence-corrected chi connectivity index (χ3v) is 7.89. The summed E-state index contributed by atoms with van der Waals surface area (Å²) in [5.74, 6) is 0.0725. The maximum absolute atomic E-state index is 13.2. The molecule has 2 aliphatic rings. The molecule has 1 amide bonds. The summed E-state index contributed by atoms with van der Waals surface area (Å²) in [5, 5.41) is 11.6. The van der Waals surface area contributed by atoms with Gasteiger partial charge in [-0.3, -0.25) is 9.69 Å². The second-order valence-electron chi connectivity index (χ2n) is 9.49. The number of halogens is 1. The summed E-state index contributed by atoms with van der Waals surface area (Å²) >= 11 is 6.48. The van der Waals surface area contributed by atoms with Gasteiger partial charge < -0.3 is 4.90 Å². The van der Waals surface area contributed by atoms with E-state index in [1.165, 1.54) is 5.56 Å². The Hall–Kier alpha value is -3.22. The van der Waals surface area contributed by atoms with E-state index < -0.39 is 0 Å². The van der Waals surface area contributed by atoms with Crippen molar-refractivity contribution in [1.29, 1.82) is 0 Å². The fourth-order valence-electron chi connectivity index (χ4n) is 5.79. The van der Waals surface area contributed by atoms with E-state index in [1.807, 2.05) is 35.2 Å². The Labute approximate surface area is 203 Å². The molecule has 6 nitrogen and oxygen atoms in total. The average molecular weight is 472 g/mol. The van der Waals surface area contributed by atoms with Crippen LogP contribution in [0.25, 0.3) is 11.0 Å². The van der Waals surface area contributed by atoms with Crippen molar-refractivity contribution < 1.29 is 4.79 Å². The van der Waals surface area contributed by atoms with E-state index in [-0.39, 0.29) is 11.3 Å². The minimum Gasteiger partial charge on any atom is -0.339 e. The third-order valence-electron chi connectivity index (χ3n) is 7.52.